The Kier molecular flexibility index (Phi) is 4.39. The molecule has 0 spiro atoms. The minimum absolute atomic E-state index is 0.124. The number of nitrogens with zero attached hydrogens (tertiary/aromatic N) is 2. The zero-order valence-corrected chi connectivity index (χ0v) is 13.1. The monoisotopic (exact) mass is 317 g/mol. The van der Waals surface area contributed by atoms with Gasteiger partial charge in [-0.3, -0.25) is 5.43 Å². The molecule has 1 aliphatic carbocycles. The molecule has 0 bridgehead atoms. The van der Waals surface area contributed by atoms with Gasteiger partial charge in [0.25, 0.3) is 0 Å². The number of carbonyl (C=O) groups excluding carboxylic acids is 1. The molecule has 0 amide bonds. The topological polar surface area (TPSA) is 74.5 Å². The molecule has 0 fully saturated rings. The van der Waals surface area contributed by atoms with Gasteiger partial charge in [-0.15, -0.1) is 0 Å². The molecule has 118 valence electrons. The van der Waals surface area contributed by atoms with Gasteiger partial charge in [0.1, 0.15) is 6.07 Å². The number of nitriles is 1. The molecule has 0 radical (unpaired) electrons. The summed E-state index contributed by atoms with van der Waals surface area (Å²) in [6.07, 6.45) is 1.26. The third-order valence-electron chi connectivity index (χ3n) is 3.66. The van der Waals surface area contributed by atoms with Crippen molar-refractivity contribution in [3.05, 3.63) is 71.4 Å². The lowest BCUT2D eigenvalue weighted by Gasteiger charge is -2.02. The average Bonchev–Trinajstić information content (AvgIpc) is 2.93. The van der Waals surface area contributed by atoms with Gasteiger partial charge in [-0.2, -0.15) is 10.4 Å². The highest BCUT2D eigenvalue weighted by Gasteiger charge is 2.23. The van der Waals surface area contributed by atoms with Crippen LogP contribution in [-0.4, -0.2) is 18.3 Å². The second-order valence-electron chi connectivity index (χ2n) is 5.07. The van der Waals surface area contributed by atoms with Crippen molar-refractivity contribution in [2.75, 3.05) is 6.61 Å². The van der Waals surface area contributed by atoms with Gasteiger partial charge in [0.05, 0.1) is 12.3 Å². The Balaban J connectivity index is 1.94. The van der Waals surface area contributed by atoms with E-state index in [2.05, 4.69) is 10.5 Å². The molecule has 0 heterocycles. The summed E-state index contributed by atoms with van der Waals surface area (Å²) in [5, 5.41) is 13.4. The summed E-state index contributed by atoms with van der Waals surface area (Å²) in [4.78, 5) is 11.6. The predicted molar refractivity (Wildman–Crippen MR) is 91.0 cm³/mol. The van der Waals surface area contributed by atoms with Crippen LogP contribution in [0.1, 0.15) is 18.1 Å². The Morgan fingerprint density at radius 1 is 1.12 bits per heavy atom. The van der Waals surface area contributed by atoms with E-state index in [1.807, 2.05) is 48.5 Å². The standard InChI is InChI=1S/C19H15N3O2/c1-2-24-19(23)13(11-20)12-21-22-18-16-9-5-3-7-14(16)15-8-4-6-10-17(15)18/h3-10,12,21H,2H2,1H3/b13-12+. The van der Waals surface area contributed by atoms with E-state index in [0.717, 1.165) is 28.0 Å². The number of carbonyl (C=O) groups is 1. The van der Waals surface area contributed by atoms with E-state index in [1.54, 1.807) is 13.0 Å². The first-order chi connectivity index (χ1) is 11.8. The molecule has 5 nitrogen and oxygen atoms in total. The lowest BCUT2D eigenvalue weighted by atomic mass is 10.1. The summed E-state index contributed by atoms with van der Waals surface area (Å²) in [5.41, 5.74) is 7.60. The van der Waals surface area contributed by atoms with Gasteiger partial charge in [-0.1, -0.05) is 48.5 Å². The second kappa shape index (κ2) is 6.80. The van der Waals surface area contributed by atoms with Gasteiger partial charge < -0.3 is 4.74 Å². The van der Waals surface area contributed by atoms with E-state index in [0.29, 0.717) is 0 Å². The number of benzene rings is 2. The molecule has 5 heteroatoms. The Morgan fingerprint density at radius 2 is 1.67 bits per heavy atom. The predicted octanol–water partition coefficient (Wildman–Crippen LogP) is 2.98. The third-order valence-corrected chi connectivity index (χ3v) is 3.66. The number of nitrogens with one attached hydrogen (secondary N) is 1. The van der Waals surface area contributed by atoms with E-state index in [9.17, 15) is 4.79 Å². The molecule has 1 aliphatic rings. The average molecular weight is 317 g/mol. The van der Waals surface area contributed by atoms with Crippen LogP contribution in [0.3, 0.4) is 0 Å². The quantitative estimate of drug-likeness (QED) is 0.347. The first-order valence-electron chi connectivity index (χ1n) is 7.56. The fraction of sp³-hybridized carbons (Fsp3) is 0.105. The fourth-order valence-electron chi connectivity index (χ4n) is 2.62. The van der Waals surface area contributed by atoms with Crippen LogP contribution in [0.15, 0.2) is 65.4 Å². The Hall–Kier alpha value is -3.39. The molecule has 2 aromatic carbocycles. The van der Waals surface area contributed by atoms with Crippen molar-refractivity contribution in [1.29, 1.82) is 5.26 Å². The lowest BCUT2D eigenvalue weighted by molar-refractivity contribution is -0.138. The molecular weight excluding hydrogens is 302 g/mol. The number of esters is 1. The molecule has 0 saturated heterocycles. The van der Waals surface area contributed by atoms with E-state index >= 15 is 0 Å². The van der Waals surface area contributed by atoms with Gasteiger partial charge in [0.15, 0.2) is 5.57 Å². The van der Waals surface area contributed by atoms with Gasteiger partial charge in [-0.05, 0) is 18.1 Å². The van der Waals surface area contributed by atoms with E-state index in [-0.39, 0.29) is 12.2 Å². The summed E-state index contributed by atoms with van der Waals surface area (Å²) in [7, 11) is 0. The Labute approximate surface area is 139 Å². The maximum Gasteiger partial charge on any atom is 0.350 e. The highest BCUT2D eigenvalue weighted by Crippen LogP contribution is 2.36. The van der Waals surface area contributed by atoms with Crippen LogP contribution in [0.5, 0.6) is 0 Å². The number of fused-ring (bicyclic) bond motifs is 3. The first kappa shape index (κ1) is 15.5. The molecule has 0 atom stereocenters. The van der Waals surface area contributed by atoms with Crippen LogP contribution < -0.4 is 5.43 Å². The molecule has 1 N–H and O–H groups in total. The number of rotatable bonds is 4. The van der Waals surface area contributed by atoms with Crippen LogP contribution in [-0.2, 0) is 9.53 Å². The highest BCUT2D eigenvalue weighted by atomic mass is 16.5. The van der Waals surface area contributed by atoms with Crippen molar-refractivity contribution in [2.24, 2.45) is 5.10 Å². The van der Waals surface area contributed by atoms with Crippen molar-refractivity contribution in [3.8, 4) is 17.2 Å². The molecule has 2 aromatic rings. The highest BCUT2D eigenvalue weighted by molar-refractivity contribution is 6.24. The van der Waals surface area contributed by atoms with Crippen LogP contribution in [0.25, 0.3) is 11.1 Å². The van der Waals surface area contributed by atoms with Gasteiger partial charge >= 0.3 is 5.97 Å². The zero-order chi connectivity index (χ0) is 16.9. The number of ether oxygens (including phenoxy) is 1. The Bertz CT molecular complexity index is 844. The normalized spacial score (nSPS) is 12.0. The largest absolute Gasteiger partial charge is 0.462 e. The van der Waals surface area contributed by atoms with Gasteiger partial charge in [0.2, 0.25) is 0 Å². The molecule has 0 aliphatic heterocycles. The summed E-state index contributed by atoms with van der Waals surface area (Å²) >= 11 is 0. The molecule has 0 unspecified atom stereocenters. The SMILES string of the molecule is CCOC(=O)/C(C#N)=C/NN=C1c2ccccc2-c2ccccc21. The zero-order valence-electron chi connectivity index (χ0n) is 13.1. The van der Waals surface area contributed by atoms with Crippen LogP contribution in [0, 0.1) is 11.3 Å². The second-order valence-corrected chi connectivity index (χ2v) is 5.07. The molecule has 24 heavy (non-hydrogen) atoms. The van der Waals surface area contributed by atoms with Crippen molar-refractivity contribution >= 4 is 11.7 Å². The van der Waals surface area contributed by atoms with Gasteiger partial charge in [-0.25, -0.2) is 4.79 Å². The van der Waals surface area contributed by atoms with E-state index in [1.165, 1.54) is 6.20 Å². The Morgan fingerprint density at radius 3 is 2.17 bits per heavy atom. The van der Waals surface area contributed by atoms with Crippen LogP contribution in [0.2, 0.25) is 0 Å². The summed E-state index contributed by atoms with van der Waals surface area (Å²) in [5.74, 6) is -0.667. The molecular formula is C19H15N3O2. The summed E-state index contributed by atoms with van der Waals surface area (Å²) in [6, 6.07) is 17.8. The molecule has 0 aromatic heterocycles. The molecule has 0 saturated carbocycles. The van der Waals surface area contributed by atoms with Crippen molar-refractivity contribution in [2.45, 2.75) is 6.92 Å². The smallest absolute Gasteiger partial charge is 0.350 e. The van der Waals surface area contributed by atoms with Crippen molar-refractivity contribution in [3.63, 3.8) is 0 Å². The van der Waals surface area contributed by atoms with E-state index < -0.39 is 5.97 Å². The number of hydrogen-bond acceptors (Lipinski definition) is 5. The van der Waals surface area contributed by atoms with Crippen LogP contribution in [0.4, 0.5) is 0 Å². The first-order valence-corrected chi connectivity index (χ1v) is 7.56. The fourth-order valence-corrected chi connectivity index (χ4v) is 2.62. The molecule has 3 rings (SSSR count). The number of hydrazone groups is 1. The van der Waals surface area contributed by atoms with Crippen molar-refractivity contribution < 1.29 is 9.53 Å². The summed E-state index contributed by atoms with van der Waals surface area (Å²) in [6.45, 7) is 1.90. The maximum atomic E-state index is 11.6. The van der Waals surface area contributed by atoms with Crippen molar-refractivity contribution in [1.82, 2.24) is 5.43 Å². The minimum Gasteiger partial charge on any atom is -0.462 e. The summed E-state index contributed by atoms with van der Waals surface area (Å²) < 4.78 is 4.81. The third kappa shape index (κ3) is 2.77. The minimum atomic E-state index is -0.667. The van der Waals surface area contributed by atoms with E-state index in [4.69, 9.17) is 10.00 Å². The maximum absolute atomic E-state index is 11.6. The lowest BCUT2D eigenvalue weighted by Crippen LogP contribution is -2.11. The van der Waals surface area contributed by atoms with Gasteiger partial charge in [0, 0.05) is 17.3 Å². The number of hydrogen-bond donors (Lipinski definition) is 1. The van der Waals surface area contributed by atoms with Crippen LogP contribution >= 0.6 is 0 Å².